The number of nitrogens with two attached hydrogens (primary N) is 1. The number of hydrogen-bond donors (Lipinski definition) is 2. The number of rotatable bonds is 7. The largest absolute Gasteiger partial charge is 0.439 e. The molecule has 3 N–H and O–H groups in total. The Labute approximate surface area is 170 Å². The first-order chi connectivity index (χ1) is 14.2. The minimum Gasteiger partial charge on any atom is -0.439 e. The minimum absolute atomic E-state index is 0.370. The number of aromatic nitrogens is 1. The van der Waals surface area contributed by atoms with E-state index in [0.717, 1.165) is 38.0 Å². The zero-order valence-corrected chi connectivity index (χ0v) is 16.3. The highest BCUT2D eigenvalue weighted by Crippen LogP contribution is 2.32. The molecule has 148 valence electrons. The lowest BCUT2D eigenvalue weighted by Gasteiger charge is -2.27. The highest BCUT2D eigenvalue weighted by atomic mass is 16.5. The fraction of sp³-hybridized carbons (Fsp3) is 0.250. The lowest BCUT2D eigenvalue weighted by Crippen LogP contribution is -2.36. The second kappa shape index (κ2) is 8.88. The normalized spacial score (nSPS) is 15.5. The first kappa shape index (κ1) is 19.2. The summed E-state index contributed by atoms with van der Waals surface area (Å²) in [6.45, 7) is 0.961. The summed E-state index contributed by atoms with van der Waals surface area (Å²) in [5, 5.41) is 3.70. The van der Waals surface area contributed by atoms with Crippen molar-refractivity contribution in [3.8, 4) is 11.6 Å². The number of amides is 1. The van der Waals surface area contributed by atoms with Gasteiger partial charge in [0.05, 0.1) is 5.56 Å². The van der Waals surface area contributed by atoms with Gasteiger partial charge in [-0.1, -0.05) is 42.5 Å². The van der Waals surface area contributed by atoms with E-state index >= 15 is 0 Å². The molecule has 0 radical (unpaired) electrons. The average molecular weight is 387 g/mol. The summed E-state index contributed by atoms with van der Waals surface area (Å²) in [5.74, 6) is 0.796. The van der Waals surface area contributed by atoms with Crippen LogP contribution < -0.4 is 15.8 Å². The van der Waals surface area contributed by atoms with Crippen LogP contribution in [0.15, 0.2) is 66.9 Å². The number of ether oxygens (including phenoxy) is 1. The van der Waals surface area contributed by atoms with Gasteiger partial charge in [0, 0.05) is 18.3 Å². The molecular formula is C24H25N3O2. The zero-order valence-electron chi connectivity index (χ0n) is 16.3. The second-order valence-corrected chi connectivity index (χ2v) is 7.37. The third-order valence-corrected chi connectivity index (χ3v) is 5.37. The Hall–Kier alpha value is -3.18. The van der Waals surface area contributed by atoms with Crippen LogP contribution in [0.1, 0.15) is 33.5 Å². The van der Waals surface area contributed by atoms with Gasteiger partial charge in [-0.25, -0.2) is 4.98 Å². The van der Waals surface area contributed by atoms with Crippen LogP contribution in [0.4, 0.5) is 0 Å². The molecule has 29 heavy (non-hydrogen) atoms. The average Bonchev–Trinajstić information content (AvgIpc) is 2.75. The Kier molecular flexibility index (Phi) is 5.86. The van der Waals surface area contributed by atoms with Crippen LogP contribution in [-0.4, -0.2) is 23.5 Å². The molecule has 0 saturated carbocycles. The van der Waals surface area contributed by atoms with Crippen LogP contribution in [0.3, 0.4) is 0 Å². The maximum absolute atomic E-state index is 11.2. The van der Waals surface area contributed by atoms with Crippen LogP contribution in [0, 0.1) is 0 Å². The number of primary amides is 1. The van der Waals surface area contributed by atoms with Gasteiger partial charge in [-0.15, -0.1) is 0 Å². The molecule has 3 aromatic rings. The molecule has 5 heteroatoms. The Balaban J connectivity index is 1.41. The number of fused-ring (bicyclic) bond motifs is 1. The second-order valence-electron chi connectivity index (χ2n) is 7.37. The predicted octanol–water partition coefficient (Wildman–Crippen LogP) is 3.66. The van der Waals surface area contributed by atoms with Crippen molar-refractivity contribution in [2.45, 2.75) is 31.7 Å². The van der Waals surface area contributed by atoms with E-state index in [2.05, 4.69) is 40.6 Å². The first-order valence-corrected chi connectivity index (χ1v) is 10.0. The van der Waals surface area contributed by atoms with Crippen molar-refractivity contribution < 1.29 is 9.53 Å². The molecule has 1 heterocycles. The summed E-state index contributed by atoms with van der Waals surface area (Å²) in [6.07, 6.45) is 5.56. The molecule has 5 nitrogen and oxygen atoms in total. The number of nitrogens with one attached hydrogen (secondary N) is 1. The molecule has 1 aliphatic rings. The van der Waals surface area contributed by atoms with Gasteiger partial charge in [0.15, 0.2) is 0 Å². The van der Waals surface area contributed by atoms with E-state index in [4.69, 9.17) is 10.5 Å². The zero-order chi connectivity index (χ0) is 20.1. The first-order valence-electron chi connectivity index (χ1n) is 10.0. The summed E-state index contributed by atoms with van der Waals surface area (Å²) in [6, 6.07) is 20.5. The van der Waals surface area contributed by atoms with Crippen LogP contribution >= 0.6 is 0 Å². The van der Waals surface area contributed by atoms with E-state index in [9.17, 15) is 4.79 Å². The number of carbonyl (C=O) groups excluding carboxylic acids is 1. The summed E-state index contributed by atoms with van der Waals surface area (Å²) in [4.78, 5) is 15.4. The molecule has 0 fully saturated rings. The van der Waals surface area contributed by atoms with Gasteiger partial charge >= 0.3 is 0 Å². The fourth-order valence-electron chi connectivity index (χ4n) is 3.79. The maximum Gasteiger partial charge on any atom is 0.250 e. The van der Waals surface area contributed by atoms with Crippen LogP contribution in [-0.2, 0) is 19.3 Å². The van der Waals surface area contributed by atoms with E-state index in [0.29, 0.717) is 17.5 Å². The standard InChI is InChI=1S/C24H25N3O2/c25-24(28)19-10-12-23(27-16-19)29-22-8-4-7-18-9-11-20(15-21(18)22)26-14-13-17-5-2-1-3-6-17/h1-8,10,12,16,20,26H,9,11,13-15H2,(H2,25,28). The van der Waals surface area contributed by atoms with Gasteiger partial charge in [0.2, 0.25) is 11.8 Å². The molecule has 0 saturated heterocycles. The van der Waals surface area contributed by atoms with E-state index in [1.54, 1.807) is 12.1 Å². The molecular weight excluding hydrogens is 362 g/mol. The molecule has 0 aliphatic heterocycles. The van der Waals surface area contributed by atoms with Gasteiger partial charge in [-0.05, 0) is 61.1 Å². The van der Waals surface area contributed by atoms with Gasteiger partial charge in [-0.2, -0.15) is 0 Å². The lowest BCUT2D eigenvalue weighted by atomic mass is 9.87. The number of carbonyl (C=O) groups is 1. The van der Waals surface area contributed by atoms with E-state index < -0.39 is 5.91 Å². The number of pyridine rings is 1. The molecule has 1 unspecified atom stereocenters. The molecule has 2 aromatic carbocycles. The van der Waals surface area contributed by atoms with Gasteiger partial charge < -0.3 is 15.8 Å². The van der Waals surface area contributed by atoms with Crippen molar-refractivity contribution in [2.24, 2.45) is 5.73 Å². The molecule has 1 amide bonds. The SMILES string of the molecule is NC(=O)c1ccc(Oc2cccc3c2CC(NCCc2ccccc2)CC3)nc1. The summed E-state index contributed by atoms with van der Waals surface area (Å²) < 4.78 is 6.04. The Bertz CT molecular complexity index is 971. The highest BCUT2D eigenvalue weighted by Gasteiger charge is 2.21. The molecule has 1 atom stereocenters. The van der Waals surface area contributed by atoms with E-state index in [1.807, 2.05) is 18.2 Å². The van der Waals surface area contributed by atoms with Crippen molar-refractivity contribution in [3.05, 3.63) is 89.1 Å². The van der Waals surface area contributed by atoms with E-state index in [-0.39, 0.29) is 0 Å². The van der Waals surface area contributed by atoms with Crippen molar-refractivity contribution in [1.82, 2.24) is 10.3 Å². The summed E-state index contributed by atoms with van der Waals surface area (Å²) >= 11 is 0. The number of nitrogens with zero attached hydrogens (tertiary/aromatic N) is 1. The number of benzene rings is 2. The lowest BCUT2D eigenvalue weighted by molar-refractivity contribution is 0.1000. The third kappa shape index (κ3) is 4.81. The quantitative estimate of drug-likeness (QED) is 0.649. The van der Waals surface area contributed by atoms with Crippen molar-refractivity contribution >= 4 is 5.91 Å². The minimum atomic E-state index is -0.495. The molecule has 0 spiro atoms. The van der Waals surface area contributed by atoms with Crippen LogP contribution in [0.5, 0.6) is 11.6 Å². The maximum atomic E-state index is 11.2. The Morgan fingerprint density at radius 2 is 1.97 bits per heavy atom. The molecule has 4 rings (SSSR count). The smallest absolute Gasteiger partial charge is 0.250 e. The van der Waals surface area contributed by atoms with Crippen LogP contribution in [0.25, 0.3) is 0 Å². The highest BCUT2D eigenvalue weighted by molar-refractivity contribution is 5.92. The third-order valence-electron chi connectivity index (χ3n) is 5.37. The Morgan fingerprint density at radius 1 is 1.10 bits per heavy atom. The van der Waals surface area contributed by atoms with Crippen molar-refractivity contribution in [2.75, 3.05) is 6.54 Å². The molecule has 0 bridgehead atoms. The Morgan fingerprint density at radius 3 is 2.72 bits per heavy atom. The number of aryl methyl sites for hydroxylation is 1. The van der Waals surface area contributed by atoms with Gasteiger partial charge in [-0.3, -0.25) is 4.79 Å². The van der Waals surface area contributed by atoms with Crippen molar-refractivity contribution in [3.63, 3.8) is 0 Å². The van der Waals surface area contributed by atoms with Gasteiger partial charge in [0.25, 0.3) is 0 Å². The molecule has 1 aromatic heterocycles. The summed E-state index contributed by atoms with van der Waals surface area (Å²) in [5.41, 5.74) is 9.56. The van der Waals surface area contributed by atoms with Crippen LogP contribution in [0.2, 0.25) is 0 Å². The fourth-order valence-corrected chi connectivity index (χ4v) is 3.79. The van der Waals surface area contributed by atoms with Gasteiger partial charge in [0.1, 0.15) is 5.75 Å². The monoisotopic (exact) mass is 387 g/mol. The van der Waals surface area contributed by atoms with E-state index in [1.165, 1.54) is 22.9 Å². The number of hydrogen-bond acceptors (Lipinski definition) is 4. The van der Waals surface area contributed by atoms with Crippen molar-refractivity contribution in [1.29, 1.82) is 0 Å². The summed E-state index contributed by atoms with van der Waals surface area (Å²) in [7, 11) is 0. The topological polar surface area (TPSA) is 77.2 Å². The molecule has 1 aliphatic carbocycles. The predicted molar refractivity (Wildman–Crippen MR) is 113 cm³/mol.